The zero-order valence-electron chi connectivity index (χ0n) is 11.1. The number of halogens is 2. The van der Waals surface area contributed by atoms with Crippen LogP contribution in [0.5, 0.6) is 0 Å². The van der Waals surface area contributed by atoms with Gasteiger partial charge in [0.15, 0.2) is 0 Å². The molecule has 0 bridgehead atoms. The molecule has 0 N–H and O–H groups in total. The van der Waals surface area contributed by atoms with Crippen LogP contribution >= 0.6 is 7.60 Å². The van der Waals surface area contributed by atoms with E-state index in [4.69, 9.17) is 4.52 Å². The topological polar surface area (TPSA) is 12.5 Å². The van der Waals surface area contributed by atoms with Crippen LogP contribution in [0.2, 0.25) is 0 Å². The van der Waals surface area contributed by atoms with Gasteiger partial charge in [-0.1, -0.05) is 0 Å². The SMILES string of the molecule is CC(C)(C)C1=CN(C(C)(C)C)P(C)(F)(F)O1. The molecule has 1 aliphatic heterocycles. The van der Waals surface area contributed by atoms with E-state index < -0.39 is 18.6 Å². The fourth-order valence-corrected chi connectivity index (χ4v) is 4.19. The standard InChI is InChI=1S/C11H22F2NOP/c1-10(2,3)9-8-14(11(4,5)6)16(7,12,13)15-9/h8H,1-7H3. The van der Waals surface area contributed by atoms with Crippen LogP contribution < -0.4 is 0 Å². The van der Waals surface area contributed by atoms with Crippen LogP contribution in [0.1, 0.15) is 41.5 Å². The van der Waals surface area contributed by atoms with Gasteiger partial charge in [-0.15, -0.1) is 0 Å². The van der Waals surface area contributed by atoms with Crippen LogP contribution in [0.4, 0.5) is 8.39 Å². The molecule has 1 aliphatic rings. The molecule has 0 spiro atoms. The molecule has 0 amide bonds. The van der Waals surface area contributed by atoms with Gasteiger partial charge in [-0.2, -0.15) is 0 Å². The molecule has 0 saturated carbocycles. The second-order valence-electron chi connectivity index (χ2n) is 6.51. The molecule has 96 valence electrons. The van der Waals surface area contributed by atoms with Gasteiger partial charge in [-0.3, -0.25) is 0 Å². The molecule has 0 atom stereocenters. The molecule has 0 fully saturated rings. The first kappa shape index (κ1) is 13.7. The minimum absolute atomic E-state index is 0.368. The first-order valence-electron chi connectivity index (χ1n) is 5.39. The van der Waals surface area contributed by atoms with Gasteiger partial charge < -0.3 is 0 Å². The summed E-state index contributed by atoms with van der Waals surface area (Å²) in [4.78, 5) is 0. The molecule has 0 aromatic carbocycles. The Morgan fingerprint density at radius 2 is 1.56 bits per heavy atom. The molecule has 2 nitrogen and oxygen atoms in total. The van der Waals surface area contributed by atoms with Crippen molar-refractivity contribution in [3.63, 3.8) is 0 Å². The number of allylic oxidation sites excluding steroid dienone is 1. The van der Waals surface area contributed by atoms with Gasteiger partial charge in [0.2, 0.25) is 0 Å². The summed E-state index contributed by atoms with van der Waals surface area (Å²) < 4.78 is 34.8. The van der Waals surface area contributed by atoms with Crippen LogP contribution in [-0.2, 0) is 4.52 Å². The third kappa shape index (κ3) is 2.48. The fourth-order valence-electron chi connectivity index (χ4n) is 1.69. The van der Waals surface area contributed by atoms with Crippen molar-refractivity contribution < 1.29 is 12.9 Å². The van der Waals surface area contributed by atoms with E-state index in [0.29, 0.717) is 5.76 Å². The monoisotopic (exact) mass is 253 g/mol. The van der Waals surface area contributed by atoms with Gasteiger partial charge in [0, 0.05) is 0 Å². The molecule has 0 aliphatic carbocycles. The first-order chi connectivity index (χ1) is 6.72. The number of hydrogen-bond donors (Lipinski definition) is 0. The molecular formula is C11H22F2NOP. The Bertz CT molecular complexity index is 331. The fraction of sp³-hybridized carbons (Fsp3) is 0.818. The molecular weight excluding hydrogens is 231 g/mol. The summed E-state index contributed by atoms with van der Waals surface area (Å²) in [6.07, 6.45) is 1.48. The van der Waals surface area contributed by atoms with Gasteiger partial charge in [0.1, 0.15) is 0 Å². The maximum absolute atomic E-state index is 14.4. The number of nitrogens with zero attached hydrogens (tertiary/aromatic N) is 1. The van der Waals surface area contributed by atoms with E-state index in [0.717, 1.165) is 11.3 Å². The van der Waals surface area contributed by atoms with Crippen LogP contribution in [0.25, 0.3) is 0 Å². The Labute approximate surface area is 97.0 Å². The van der Waals surface area contributed by atoms with Gasteiger partial charge >= 0.3 is 96.3 Å². The third-order valence-corrected chi connectivity index (χ3v) is 4.68. The molecule has 0 unspecified atom stereocenters. The Balaban J connectivity index is 3.20. The normalized spacial score (nSPS) is 26.7. The summed E-state index contributed by atoms with van der Waals surface area (Å²) >= 11 is 0. The molecule has 0 radical (unpaired) electrons. The summed E-state index contributed by atoms with van der Waals surface area (Å²) in [7, 11) is -5.21. The quantitative estimate of drug-likeness (QED) is 0.576. The summed E-state index contributed by atoms with van der Waals surface area (Å²) in [6, 6.07) is 0. The molecule has 1 heterocycles. The average molecular weight is 253 g/mol. The second kappa shape index (κ2) is 3.10. The van der Waals surface area contributed by atoms with E-state index in [1.807, 2.05) is 20.8 Å². The molecule has 16 heavy (non-hydrogen) atoms. The summed E-state index contributed by atoms with van der Waals surface area (Å²) in [6.45, 7) is 11.9. The Kier molecular flexibility index (Phi) is 2.65. The van der Waals surface area contributed by atoms with Crippen molar-refractivity contribution in [3.8, 4) is 0 Å². The maximum atomic E-state index is 14.4. The molecule has 5 heteroatoms. The van der Waals surface area contributed by atoms with Gasteiger partial charge in [-0.25, -0.2) is 0 Å². The van der Waals surface area contributed by atoms with Crippen molar-refractivity contribution >= 4 is 7.60 Å². The van der Waals surface area contributed by atoms with Crippen molar-refractivity contribution in [2.24, 2.45) is 5.41 Å². The number of hydrogen-bond acceptors (Lipinski definition) is 2. The van der Waals surface area contributed by atoms with Gasteiger partial charge in [0.05, 0.1) is 0 Å². The van der Waals surface area contributed by atoms with Crippen molar-refractivity contribution in [2.75, 3.05) is 6.66 Å². The van der Waals surface area contributed by atoms with E-state index in [1.54, 1.807) is 20.8 Å². The Morgan fingerprint density at radius 3 is 1.75 bits per heavy atom. The van der Waals surface area contributed by atoms with Crippen LogP contribution in [0, 0.1) is 5.41 Å². The summed E-state index contributed by atoms with van der Waals surface area (Å²) in [5, 5.41) is 0. The van der Waals surface area contributed by atoms with Crippen LogP contribution in [-0.4, -0.2) is 16.9 Å². The average Bonchev–Trinajstić information content (AvgIpc) is 2.17. The molecule has 0 aromatic heterocycles. The van der Waals surface area contributed by atoms with E-state index in [1.165, 1.54) is 6.20 Å². The van der Waals surface area contributed by atoms with Crippen LogP contribution in [0.15, 0.2) is 12.0 Å². The first-order valence-corrected chi connectivity index (χ1v) is 7.73. The van der Waals surface area contributed by atoms with E-state index in [9.17, 15) is 8.39 Å². The van der Waals surface area contributed by atoms with Gasteiger partial charge in [0.25, 0.3) is 0 Å². The Morgan fingerprint density at radius 1 is 1.12 bits per heavy atom. The van der Waals surface area contributed by atoms with E-state index >= 15 is 0 Å². The van der Waals surface area contributed by atoms with Crippen molar-refractivity contribution in [1.82, 2.24) is 4.67 Å². The summed E-state index contributed by atoms with van der Waals surface area (Å²) in [5.74, 6) is 0.368. The van der Waals surface area contributed by atoms with E-state index in [-0.39, 0.29) is 0 Å². The third-order valence-electron chi connectivity index (χ3n) is 2.43. The van der Waals surface area contributed by atoms with Gasteiger partial charge in [-0.05, 0) is 0 Å². The minimum atomic E-state index is -5.21. The zero-order chi connectivity index (χ0) is 13.0. The second-order valence-corrected chi connectivity index (χ2v) is 9.43. The number of rotatable bonds is 0. The zero-order valence-corrected chi connectivity index (χ0v) is 12.0. The molecule has 1 rings (SSSR count). The summed E-state index contributed by atoms with van der Waals surface area (Å²) in [5.41, 5.74) is -1.03. The molecule has 0 aromatic rings. The van der Waals surface area contributed by atoms with Crippen molar-refractivity contribution in [2.45, 2.75) is 47.1 Å². The van der Waals surface area contributed by atoms with Crippen LogP contribution in [0.3, 0.4) is 0 Å². The van der Waals surface area contributed by atoms with Crippen molar-refractivity contribution in [3.05, 3.63) is 12.0 Å². The van der Waals surface area contributed by atoms with E-state index in [2.05, 4.69) is 0 Å². The predicted molar refractivity (Wildman–Crippen MR) is 65.3 cm³/mol. The molecule has 0 saturated heterocycles. The van der Waals surface area contributed by atoms with Crippen molar-refractivity contribution in [1.29, 1.82) is 0 Å². The Hall–Kier alpha value is -0.370. The predicted octanol–water partition coefficient (Wildman–Crippen LogP) is 4.79.